The first-order valence-electron chi connectivity index (χ1n) is 11.1. The van der Waals surface area contributed by atoms with Crippen molar-refractivity contribution in [3.05, 3.63) is 71.7 Å². The van der Waals surface area contributed by atoms with Crippen molar-refractivity contribution < 1.29 is 4.39 Å². The van der Waals surface area contributed by atoms with Gasteiger partial charge in [0.2, 0.25) is 0 Å². The number of aryl methyl sites for hydroxylation is 2. The van der Waals surface area contributed by atoms with Crippen LogP contribution in [0.4, 0.5) is 10.2 Å². The minimum atomic E-state index is -0.178. The molecule has 0 bridgehead atoms. The number of hydrogen-bond donors (Lipinski definition) is 1. The molecule has 6 nitrogen and oxygen atoms in total. The zero-order valence-electron chi connectivity index (χ0n) is 18.4. The Hall–Kier alpha value is -3.32. The predicted octanol–water partition coefficient (Wildman–Crippen LogP) is 4.24. The topological polar surface area (TPSA) is 58.9 Å². The molecular formula is C25H27FN6. The van der Waals surface area contributed by atoms with Crippen LogP contribution in [-0.2, 0) is 13.6 Å². The fraction of sp³-hybridized carbons (Fsp3) is 0.320. The molecule has 0 atom stereocenters. The molecule has 3 heterocycles. The second-order valence-corrected chi connectivity index (χ2v) is 8.47. The maximum atomic E-state index is 13.3. The highest BCUT2D eigenvalue weighted by Crippen LogP contribution is 2.32. The van der Waals surface area contributed by atoms with Crippen molar-refractivity contribution in [1.82, 2.24) is 25.3 Å². The molecule has 5 rings (SSSR count). The maximum Gasteiger partial charge on any atom is 0.159 e. The van der Waals surface area contributed by atoms with Crippen molar-refractivity contribution in [1.29, 1.82) is 0 Å². The monoisotopic (exact) mass is 430 g/mol. The molecule has 2 aromatic carbocycles. The van der Waals surface area contributed by atoms with Crippen LogP contribution in [0.25, 0.3) is 22.2 Å². The summed E-state index contributed by atoms with van der Waals surface area (Å²) >= 11 is 0. The van der Waals surface area contributed by atoms with Gasteiger partial charge in [0.25, 0.3) is 0 Å². The molecule has 7 heteroatoms. The molecule has 0 unspecified atom stereocenters. The van der Waals surface area contributed by atoms with Crippen LogP contribution in [0.1, 0.15) is 24.0 Å². The van der Waals surface area contributed by atoms with E-state index in [2.05, 4.69) is 43.7 Å². The van der Waals surface area contributed by atoms with E-state index in [1.54, 1.807) is 12.3 Å². The summed E-state index contributed by atoms with van der Waals surface area (Å²) in [5, 5.41) is 19.4. The molecule has 32 heavy (non-hydrogen) atoms. The van der Waals surface area contributed by atoms with Crippen molar-refractivity contribution in [2.45, 2.75) is 32.4 Å². The Morgan fingerprint density at radius 2 is 1.81 bits per heavy atom. The molecule has 1 saturated heterocycles. The first kappa shape index (κ1) is 20.6. The first-order valence-corrected chi connectivity index (χ1v) is 11.1. The van der Waals surface area contributed by atoms with Gasteiger partial charge in [0.05, 0.1) is 5.69 Å². The third-order valence-electron chi connectivity index (χ3n) is 6.41. The lowest BCUT2D eigenvalue weighted by molar-refractivity contribution is 0.412. The Kier molecular flexibility index (Phi) is 5.57. The summed E-state index contributed by atoms with van der Waals surface area (Å²) in [7, 11) is 1.92. The SMILES string of the molecule is Cc1cc(F)ccc1CNC1CCN(c2nnc(-c3ccnn3C)c3ccccc23)CC1. The summed E-state index contributed by atoms with van der Waals surface area (Å²) in [6.07, 6.45) is 3.84. The maximum absolute atomic E-state index is 13.3. The normalized spacial score (nSPS) is 14.9. The van der Waals surface area contributed by atoms with Gasteiger partial charge in [-0.1, -0.05) is 30.3 Å². The van der Waals surface area contributed by atoms with Gasteiger partial charge in [-0.25, -0.2) is 4.39 Å². The molecule has 1 aliphatic rings. The van der Waals surface area contributed by atoms with E-state index < -0.39 is 0 Å². The standard InChI is InChI=1S/C25H27FN6/c1-17-15-19(26)8-7-18(17)16-27-20-10-13-32(14-11-20)25-22-6-4-3-5-21(22)24(29-30-25)23-9-12-28-31(23)2/h3-9,12,15,20,27H,10-11,13-14,16H2,1-2H3. The lowest BCUT2D eigenvalue weighted by Crippen LogP contribution is -2.42. The Morgan fingerprint density at radius 1 is 1.03 bits per heavy atom. The minimum absolute atomic E-state index is 0.178. The average Bonchev–Trinajstić information content (AvgIpc) is 3.24. The summed E-state index contributed by atoms with van der Waals surface area (Å²) in [4.78, 5) is 2.34. The summed E-state index contributed by atoms with van der Waals surface area (Å²) in [6, 6.07) is 15.7. The van der Waals surface area contributed by atoms with E-state index in [1.807, 2.05) is 36.9 Å². The van der Waals surface area contributed by atoms with Gasteiger partial charge in [-0.05, 0) is 49.1 Å². The molecule has 0 radical (unpaired) electrons. The van der Waals surface area contributed by atoms with Crippen LogP contribution in [0, 0.1) is 12.7 Å². The van der Waals surface area contributed by atoms with E-state index in [9.17, 15) is 4.39 Å². The third-order valence-corrected chi connectivity index (χ3v) is 6.41. The molecule has 1 fully saturated rings. The molecule has 0 spiro atoms. The molecular weight excluding hydrogens is 403 g/mol. The smallest absolute Gasteiger partial charge is 0.159 e. The van der Waals surface area contributed by atoms with E-state index in [0.29, 0.717) is 6.04 Å². The predicted molar refractivity (Wildman–Crippen MR) is 125 cm³/mol. The van der Waals surface area contributed by atoms with Gasteiger partial charge in [-0.2, -0.15) is 5.10 Å². The van der Waals surface area contributed by atoms with Crippen molar-refractivity contribution in [3.8, 4) is 11.4 Å². The van der Waals surface area contributed by atoms with Gasteiger partial charge in [0.15, 0.2) is 5.82 Å². The fourth-order valence-corrected chi connectivity index (χ4v) is 4.53. The van der Waals surface area contributed by atoms with Gasteiger partial charge < -0.3 is 10.2 Å². The summed E-state index contributed by atoms with van der Waals surface area (Å²) in [6.45, 7) is 4.56. The second kappa shape index (κ2) is 8.67. The highest BCUT2D eigenvalue weighted by molar-refractivity contribution is 5.99. The van der Waals surface area contributed by atoms with Gasteiger partial charge in [0, 0.05) is 49.7 Å². The molecule has 1 N–H and O–H groups in total. The number of fused-ring (bicyclic) bond motifs is 1. The first-order chi connectivity index (χ1) is 15.6. The number of nitrogens with one attached hydrogen (secondary N) is 1. The number of rotatable bonds is 5. The van der Waals surface area contributed by atoms with Crippen LogP contribution >= 0.6 is 0 Å². The van der Waals surface area contributed by atoms with E-state index in [-0.39, 0.29) is 5.82 Å². The number of hydrogen-bond acceptors (Lipinski definition) is 5. The third kappa shape index (κ3) is 3.96. The molecule has 0 aliphatic carbocycles. The lowest BCUT2D eigenvalue weighted by Gasteiger charge is -2.33. The molecule has 0 saturated carbocycles. The van der Waals surface area contributed by atoms with Crippen LogP contribution in [0.3, 0.4) is 0 Å². The van der Waals surface area contributed by atoms with Crippen LogP contribution in [0.2, 0.25) is 0 Å². The Balaban J connectivity index is 1.31. The zero-order chi connectivity index (χ0) is 22.1. The van der Waals surface area contributed by atoms with E-state index in [1.165, 1.54) is 6.07 Å². The average molecular weight is 431 g/mol. The number of anilines is 1. The number of benzene rings is 2. The lowest BCUT2D eigenvalue weighted by atomic mass is 10.0. The molecule has 4 aromatic rings. The summed E-state index contributed by atoms with van der Waals surface area (Å²) in [5.74, 6) is 0.765. The molecule has 164 valence electrons. The second-order valence-electron chi connectivity index (χ2n) is 8.47. The van der Waals surface area contributed by atoms with Gasteiger partial charge in [0.1, 0.15) is 11.5 Å². The number of piperidine rings is 1. The van der Waals surface area contributed by atoms with E-state index >= 15 is 0 Å². The van der Waals surface area contributed by atoms with Crippen molar-refractivity contribution in [3.63, 3.8) is 0 Å². The van der Waals surface area contributed by atoms with Gasteiger partial charge >= 0.3 is 0 Å². The minimum Gasteiger partial charge on any atom is -0.354 e. The highest BCUT2D eigenvalue weighted by Gasteiger charge is 2.23. The van der Waals surface area contributed by atoms with Crippen LogP contribution < -0.4 is 10.2 Å². The van der Waals surface area contributed by atoms with Crippen molar-refractivity contribution in [2.24, 2.45) is 7.05 Å². The van der Waals surface area contributed by atoms with E-state index in [4.69, 9.17) is 0 Å². The largest absolute Gasteiger partial charge is 0.354 e. The zero-order valence-corrected chi connectivity index (χ0v) is 18.4. The molecule has 1 aliphatic heterocycles. The van der Waals surface area contributed by atoms with E-state index in [0.717, 1.165) is 71.6 Å². The number of halogens is 1. The van der Waals surface area contributed by atoms with Crippen LogP contribution in [-0.4, -0.2) is 39.1 Å². The number of aromatic nitrogens is 4. The Bertz CT molecular complexity index is 1240. The number of nitrogens with zero attached hydrogens (tertiary/aromatic N) is 5. The summed E-state index contributed by atoms with van der Waals surface area (Å²) in [5.41, 5.74) is 3.96. The highest BCUT2D eigenvalue weighted by atomic mass is 19.1. The quantitative estimate of drug-likeness (QED) is 0.513. The Labute approximate surface area is 187 Å². The molecule has 0 amide bonds. The van der Waals surface area contributed by atoms with Gasteiger partial charge in [-0.15, -0.1) is 10.2 Å². The fourth-order valence-electron chi connectivity index (χ4n) is 4.53. The van der Waals surface area contributed by atoms with Crippen molar-refractivity contribution >= 4 is 16.6 Å². The van der Waals surface area contributed by atoms with Gasteiger partial charge in [-0.3, -0.25) is 4.68 Å². The van der Waals surface area contributed by atoms with Crippen molar-refractivity contribution in [2.75, 3.05) is 18.0 Å². The molecule has 2 aromatic heterocycles. The Morgan fingerprint density at radius 3 is 2.53 bits per heavy atom. The van der Waals surface area contributed by atoms with Crippen LogP contribution in [0.5, 0.6) is 0 Å². The summed E-state index contributed by atoms with van der Waals surface area (Å²) < 4.78 is 15.2. The van der Waals surface area contributed by atoms with Crippen LogP contribution in [0.15, 0.2) is 54.7 Å².